The second kappa shape index (κ2) is 11.3. The molecule has 0 N–H and O–H groups in total. The predicted octanol–water partition coefficient (Wildman–Crippen LogP) is 7.15. The van der Waals surface area contributed by atoms with Crippen LogP contribution in [0.5, 0.6) is 0 Å². The van der Waals surface area contributed by atoms with E-state index in [1.165, 1.54) is 0 Å². The quantitative estimate of drug-likeness (QED) is 0.292. The molecule has 0 amide bonds. The average Bonchev–Trinajstić information content (AvgIpc) is 3.19. The Morgan fingerprint density at radius 2 is 1.81 bits per heavy atom. The van der Waals surface area contributed by atoms with Gasteiger partial charge in [-0.15, -0.1) is 11.2 Å². The Morgan fingerprint density at radius 3 is 2.36 bits per heavy atom. The van der Waals surface area contributed by atoms with Crippen LogP contribution in [0.4, 0.5) is 0 Å². The van der Waals surface area contributed by atoms with Crippen LogP contribution in [0, 0.1) is 6.92 Å². The van der Waals surface area contributed by atoms with Crippen molar-refractivity contribution in [1.29, 1.82) is 0 Å². The van der Waals surface area contributed by atoms with E-state index in [1.807, 2.05) is 41.9 Å². The highest BCUT2D eigenvalue weighted by atomic mass is 32.4. The highest BCUT2D eigenvalue weighted by Crippen LogP contribution is 2.52. The molecule has 9 heteroatoms. The molecule has 2 atom stereocenters. The monoisotopic (exact) mass is 552 g/mol. The van der Waals surface area contributed by atoms with Gasteiger partial charge in [-0.2, -0.15) is 5.10 Å². The lowest BCUT2D eigenvalue weighted by atomic mass is 9.95. The Hall–Kier alpha value is -1.13. The van der Waals surface area contributed by atoms with Crippen molar-refractivity contribution in [2.75, 3.05) is 13.7 Å². The van der Waals surface area contributed by atoms with Gasteiger partial charge < -0.3 is 9.47 Å². The molecule has 0 saturated carbocycles. The van der Waals surface area contributed by atoms with E-state index in [1.54, 1.807) is 19.2 Å². The first-order valence-corrected chi connectivity index (χ1v) is 18.2. The molecule has 1 aliphatic heterocycles. The fraction of sp³-hybridized carbons (Fsp3) is 0.667. The number of sulfone groups is 1. The summed E-state index contributed by atoms with van der Waals surface area (Å²) in [7, 11) is -3.69. The van der Waals surface area contributed by atoms with E-state index in [2.05, 4.69) is 47.6 Å². The van der Waals surface area contributed by atoms with Gasteiger partial charge in [-0.05, 0) is 67.1 Å². The summed E-state index contributed by atoms with van der Waals surface area (Å²) in [6, 6.07) is 9.33. The minimum absolute atomic E-state index is 0.302. The van der Waals surface area contributed by atoms with Crippen molar-refractivity contribution in [3.05, 3.63) is 41.6 Å². The first-order chi connectivity index (χ1) is 16.8. The maximum atomic E-state index is 13.8. The predicted molar refractivity (Wildman–Crippen MR) is 151 cm³/mol. The molecule has 1 aromatic carbocycles. The van der Waals surface area contributed by atoms with Crippen molar-refractivity contribution >= 4 is 28.3 Å². The van der Waals surface area contributed by atoms with E-state index in [0.717, 1.165) is 16.3 Å². The Morgan fingerprint density at radius 1 is 1.17 bits per heavy atom. The van der Waals surface area contributed by atoms with E-state index >= 15 is 0 Å². The fourth-order valence-corrected chi connectivity index (χ4v) is 16.7. The Balaban J connectivity index is 1.98. The largest absolute Gasteiger partial charge is 0.372 e. The summed E-state index contributed by atoms with van der Waals surface area (Å²) in [4.78, 5) is 0.383. The summed E-state index contributed by atoms with van der Waals surface area (Å²) < 4.78 is 40.1. The van der Waals surface area contributed by atoms with Crippen molar-refractivity contribution in [3.63, 3.8) is 0 Å². The summed E-state index contributed by atoms with van der Waals surface area (Å²) in [6.07, 6.45) is 0.474. The van der Waals surface area contributed by atoms with E-state index in [0.29, 0.717) is 47.7 Å². The van der Waals surface area contributed by atoms with Gasteiger partial charge in [0, 0.05) is 13.7 Å². The number of hydrogen-bond acceptors (Lipinski definition) is 6. The molecule has 2 aromatic rings. The lowest BCUT2D eigenvalue weighted by Crippen LogP contribution is -2.42. The van der Waals surface area contributed by atoms with Crippen LogP contribution in [0.25, 0.3) is 0 Å². The fourth-order valence-electron chi connectivity index (χ4n) is 5.95. The average molecular weight is 553 g/mol. The minimum atomic E-state index is -3.55. The molecule has 2 unspecified atom stereocenters. The molecule has 0 aliphatic carbocycles. The van der Waals surface area contributed by atoms with Crippen LogP contribution in [-0.2, 0) is 26.0 Å². The molecule has 0 radical (unpaired) electrons. The molecule has 3 rings (SSSR count). The normalized spacial score (nSPS) is 21.6. The number of benzene rings is 1. The molecule has 1 saturated heterocycles. The van der Waals surface area contributed by atoms with Crippen molar-refractivity contribution < 1.29 is 17.9 Å². The topological polar surface area (TPSA) is 70.4 Å². The van der Waals surface area contributed by atoms with Crippen molar-refractivity contribution in [3.8, 4) is 0 Å². The summed E-state index contributed by atoms with van der Waals surface area (Å²) in [5.74, 6) is 0. The van der Waals surface area contributed by atoms with Gasteiger partial charge in [0.25, 0.3) is 0 Å². The maximum absolute atomic E-state index is 13.8. The van der Waals surface area contributed by atoms with Crippen LogP contribution in [-0.4, -0.2) is 43.9 Å². The van der Waals surface area contributed by atoms with E-state index in [-0.39, 0.29) is 6.10 Å². The smallest absolute Gasteiger partial charge is 0.184 e. The zero-order valence-electron chi connectivity index (χ0n) is 23.4. The van der Waals surface area contributed by atoms with E-state index < -0.39 is 21.8 Å². The summed E-state index contributed by atoms with van der Waals surface area (Å²) in [5.41, 5.74) is 3.60. The molecule has 1 aliphatic rings. The van der Waals surface area contributed by atoms with Crippen LogP contribution >= 0.6 is 11.2 Å². The SMILES string of the molecule is COCn1nc(S[Si](C(C)C)(C(C)C)C(C)C)cc1C1CC(C)(S(=O)(=O)c2cccc(C)c2)CCO1. The van der Waals surface area contributed by atoms with Gasteiger partial charge in [0.05, 0.1) is 15.3 Å². The van der Waals surface area contributed by atoms with Crippen LogP contribution < -0.4 is 0 Å². The Labute approximate surface area is 223 Å². The molecule has 1 aromatic heterocycles. The second-order valence-electron chi connectivity index (χ2n) is 11.3. The van der Waals surface area contributed by atoms with Crippen molar-refractivity contribution in [2.45, 2.75) is 112 Å². The number of methoxy groups -OCH3 is 1. The van der Waals surface area contributed by atoms with Crippen LogP contribution in [0.1, 0.15) is 78.7 Å². The Kier molecular flexibility index (Phi) is 9.25. The van der Waals surface area contributed by atoms with Gasteiger partial charge in [0.1, 0.15) is 25.1 Å². The molecule has 202 valence electrons. The third-order valence-electron chi connectivity index (χ3n) is 7.87. The molecule has 0 spiro atoms. The molecule has 36 heavy (non-hydrogen) atoms. The maximum Gasteiger partial charge on any atom is 0.184 e. The first kappa shape index (κ1) is 29.4. The molecule has 2 heterocycles. The number of rotatable bonds is 10. The van der Waals surface area contributed by atoms with Crippen LogP contribution in [0.3, 0.4) is 0 Å². The molecular weight excluding hydrogens is 509 g/mol. The molecular formula is C27H44N2O4S2Si. The Bertz CT molecular complexity index is 1120. The third kappa shape index (κ3) is 5.50. The number of nitrogens with zero attached hydrogens (tertiary/aromatic N) is 2. The number of hydrogen-bond donors (Lipinski definition) is 0. The molecule has 6 nitrogen and oxygen atoms in total. The summed E-state index contributed by atoms with van der Waals surface area (Å²) in [5, 5.41) is 5.93. The minimum Gasteiger partial charge on any atom is -0.372 e. The first-order valence-electron chi connectivity index (χ1n) is 13.0. The zero-order valence-corrected chi connectivity index (χ0v) is 26.0. The van der Waals surface area contributed by atoms with E-state index in [9.17, 15) is 8.42 Å². The summed E-state index contributed by atoms with van der Waals surface area (Å²) in [6.45, 7) is 18.5. The zero-order chi connectivity index (χ0) is 26.9. The van der Waals surface area contributed by atoms with Gasteiger partial charge in [-0.1, -0.05) is 53.7 Å². The van der Waals surface area contributed by atoms with Gasteiger partial charge >= 0.3 is 0 Å². The molecule has 0 bridgehead atoms. The van der Waals surface area contributed by atoms with Gasteiger partial charge in [0.15, 0.2) is 9.84 Å². The highest BCUT2D eigenvalue weighted by molar-refractivity contribution is 8.29. The summed E-state index contributed by atoms with van der Waals surface area (Å²) >= 11 is 1.97. The number of aromatic nitrogens is 2. The van der Waals surface area contributed by atoms with Gasteiger partial charge in [-0.3, -0.25) is 0 Å². The second-order valence-corrected chi connectivity index (χ2v) is 22.3. The van der Waals surface area contributed by atoms with Gasteiger partial charge in [0.2, 0.25) is 0 Å². The number of aryl methyl sites for hydroxylation is 1. The van der Waals surface area contributed by atoms with Gasteiger partial charge in [-0.25, -0.2) is 13.1 Å². The lowest BCUT2D eigenvalue weighted by Gasteiger charge is -2.41. The van der Waals surface area contributed by atoms with E-state index in [4.69, 9.17) is 14.6 Å². The highest BCUT2D eigenvalue weighted by Gasteiger charge is 2.47. The van der Waals surface area contributed by atoms with Crippen molar-refractivity contribution in [2.24, 2.45) is 0 Å². The standard InChI is InChI=1S/C27H44N2O4S2Si/c1-19(2)36(20(3)4,21(5)6)34-26-16-24(29(28-26)18-32-9)25-17-27(8,13-14-33-25)35(30,31)23-12-10-11-22(7)15-23/h10-12,15-16,19-21,25H,13-14,17-18H2,1-9H3. The molecule has 1 fully saturated rings. The van der Waals surface area contributed by atoms with Crippen molar-refractivity contribution in [1.82, 2.24) is 9.78 Å². The van der Waals surface area contributed by atoms with Crippen LogP contribution in [0.15, 0.2) is 40.3 Å². The van der Waals surface area contributed by atoms with Crippen LogP contribution in [0.2, 0.25) is 16.6 Å². The lowest BCUT2D eigenvalue weighted by molar-refractivity contribution is -0.00919. The third-order valence-corrected chi connectivity index (χ3v) is 22.5. The number of ether oxygens (including phenoxy) is 2.